The van der Waals surface area contributed by atoms with E-state index < -0.39 is 11.9 Å². The minimum Gasteiger partial charge on any atom is -0.481 e. The zero-order valence-corrected chi connectivity index (χ0v) is 12.0. The Morgan fingerprint density at radius 3 is 2.76 bits per heavy atom. The number of nitrogens with zero attached hydrogens (tertiary/aromatic N) is 2. The molecule has 0 radical (unpaired) electrons. The molecule has 1 aliphatic carbocycles. The van der Waals surface area contributed by atoms with Crippen LogP contribution < -0.4 is 0 Å². The van der Waals surface area contributed by atoms with Crippen LogP contribution in [0, 0.1) is 5.92 Å². The van der Waals surface area contributed by atoms with Gasteiger partial charge in [0.05, 0.1) is 11.8 Å². The zero-order valence-electron chi connectivity index (χ0n) is 12.0. The SMILES string of the molecule is CCc1ccc(-c2noc(C3CCCC3C(=O)O)n2)cc1. The summed E-state index contributed by atoms with van der Waals surface area (Å²) in [5, 5.41) is 13.2. The van der Waals surface area contributed by atoms with Crippen molar-refractivity contribution in [3.63, 3.8) is 0 Å². The first-order valence-corrected chi connectivity index (χ1v) is 7.34. The van der Waals surface area contributed by atoms with Crippen molar-refractivity contribution in [2.75, 3.05) is 0 Å². The topological polar surface area (TPSA) is 76.2 Å². The van der Waals surface area contributed by atoms with Gasteiger partial charge in [0.25, 0.3) is 0 Å². The van der Waals surface area contributed by atoms with Gasteiger partial charge in [0, 0.05) is 5.56 Å². The molecule has 5 heteroatoms. The van der Waals surface area contributed by atoms with E-state index in [1.807, 2.05) is 24.3 Å². The number of aliphatic carboxylic acids is 1. The summed E-state index contributed by atoms with van der Waals surface area (Å²) in [4.78, 5) is 15.7. The Balaban J connectivity index is 1.84. The van der Waals surface area contributed by atoms with Crippen molar-refractivity contribution in [1.29, 1.82) is 0 Å². The predicted octanol–water partition coefficient (Wildman–Crippen LogP) is 3.27. The molecule has 110 valence electrons. The first-order valence-electron chi connectivity index (χ1n) is 7.34. The van der Waals surface area contributed by atoms with Gasteiger partial charge in [0.1, 0.15) is 0 Å². The maximum atomic E-state index is 11.2. The molecule has 0 aliphatic heterocycles. The largest absolute Gasteiger partial charge is 0.481 e. The second-order valence-electron chi connectivity index (χ2n) is 5.49. The van der Waals surface area contributed by atoms with E-state index in [4.69, 9.17) is 4.52 Å². The van der Waals surface area contributed by atoms with E-state index in [1.54, 1.807) is 0 Å². The fourth-order valence-electron chi connectivity index (χ4n) is 2.94. The number of benzene rings is 1. The fourth-order valence-corrected chi connectivity index (χ4v) is 2.94. The highest BCUT2D eigenvalue weighted by Crippen LogP contribution is 2.39. The van der Waals surface area contributed by atoms with Crippen molar-refractivity contribution in [2.24, 2.45) is 5.92 Å². The van der Waals surface area contributed by atoms with E-state index in [1.165, 1.54) is 5.56 Å². The summed E-state index contributed by atoms with van der Waals surface area (Å²) < 4.78 is 5.32. The summed E-state index contributed by atoms with van der Waals surface area (Å²) in [6, 6.07) is 8.02. The standard InChI is InChI=1S/C16H18N2O3/c1-2-10-6-8-11(9-7-10)14-17-15(21-18-14)12-4-3-5-13(12)16(19)20/h6-9,12-13H,2-5H2,1H3,(H,19,20). The van der Waals surface area contributed by atoms with Gasteiger partial charge in [0.15, 0.2) is 0 Å². The first kappa shape index (κ1) is 13.8. The molecule has 21 heavy (non-hydrogen) atoms. The van der Waals surface area contributed by atoms with E-state index in [9.17, 15) is 9.90 Å². The maximum Gasteiger partial charge on any atom is 0.307 e. The Labute approximate surface area is 123 Å². The van der Waals surface area contributed by atoms with Crippen LogP contribution in [0.5, 0.6) is 0 Å². The van der Waals surface area contributed by atoms with Crippen molar-refractivity contribution in [1.82, 2.24) is 10.1 Å². The van der Waals surface area contributed by atoms with Crippen molar-refractivity contribution in [2.45, 2.75) is 38.5 Å². The molecule has 1 saturated carbocycles. The molecule has 1 heterocycles. The number of aryl methyl sites for hydroxylation is 1. The monoisotopic (exact) mass is 286 g/mol. The van der Waals surface area contributed by atoms with Crippen LogP contribution in [0.15, 0.2) is 28.8 Å². The van der Waals surface area contributed by atoms with Gasteiger partial charge >= 0.3 is 5.97 Å². The van der Waals surface area contributed by atoms with Crippen molar-refractivity contribution < 1.29 is 14.4 Å². The van der Waals surface area contributed by atoms with Crippen molar-refractivity contribution in [3.05, 3.63) is 35.7 Å². The molecule has 3 rings (SSSR count). The second kappa shape index (κ2) is 5.68. The molecule has 1 aromatic carbocycles. The molecule has 2 atom stereocenters. The summed E-state index contributed by atoms with van der Waals surface area (Å²) in [7, 11) is 0. The predicted molar refractivity (Wildman–Crippen MR) is 76.8 cm³/mol. The zero-order chi connectivity index (χ0) is 14.8. The van der Waals surface area contributed by atoms with Crippen LogP contribution in [0.2, 0.25) is 0 Å². The minimum atomic E-state index is -0.774. The lowest BCUT2D eigenvalue weighted by atomic mass is 9.96. The number of rotatable bonds is 4. The van der Waals surface area contributed by atoms with Gasteiger partial charge in [0.2, 0.25) is 11.7 Å². The molecule has 0 saturated heterocycles. The molecular weight excluding hydrogens is 268 g/mol. The number of carboxylic acid groups (broad SMARTS) is 1. The fraction of sp³-hybridized carbons (Fsp3) is 0.438. The summed E-state index contributed by atoms with van der Waals surface area (Å²) in [5.74, 6) is -0.345. The molecule has 5 nitrogen and oxygen atoms in total. The number of hydrogen-bond donors (Lipinski definition) is 1. The van der Waals surface area contributed by atoms with Gasteiger partial charge in [-0.1, -0.05) is 42.8 Å². The van der Waals surface area contributed by atoms with Gasteiger partial charge in [-0.15, -0.1) is 0 Å². The number of carbonyl (C=O) groups is 1. The Hall–Kier alpha value is -2.17. The summed E-state index contributed by atoms with van der Waals surface area (Å²) in [6.07, 6.45) is 3.36. The molecule has 0 bridgehead atoms. The highest BCUT2D eigenvalue weighted by atomic mass is 16.5. The van der Waals surface area contributed by atoms with Gasteiger partial charge in [-0.25, -0.2) is 0 Å². The third-order valence-electron chi connectivity index (χ3n) is 4.21. The highest BCUT2D eigenvalue weighted by Gasteiger charge is 2.37. The van der Waals surface area contributed by atoms with Crippen LogP contribution in [-0.2, 0) is 11.2 Å². The lowest BCUT2D eigenvalue weighted by Crippen LogP contribution is -2.17. The van der Waals surface area contributed by atoms with E-state index in [0.29, 0.717) is 18.1 Å². The van der Waals surface area contributed by atoms with E-state index in [0.717, 1.165) is 24.8 Å². The quantitative estimate of drug-likeness (QED) is 0.933. The summed E-state index contributed by atoms with van der Waals surface area (Å²) in [6.45, 7) is 2.10. The van der Waals surface area contributed by atoms with Crippen LogP contribution >= 0.6 is 0 Å². The van der Waals surface area contributed by atoms with E-state index >= 15 is 0 Å². The molecule has 1 fully saturated rings. The third kappa shape index (κ3) is 2.68. The molecule has 0 amide bonds. The van der Waals surface area contributed by atoms with Crippen LogP contribution in [0.1, 0.15) is 43.6 Å². The first-order chi connectivity index (χ1) is 10.2. The van der Waals surface area contributed by atoms with Crippen molar-refractivity contribution >= 4 is 5.97 Å². The molecule has 2 aromatic rings. The van der Waals surface area contributed by atoms with E-state index in [2.05, 4.69) is 17.1 Å². The second-order valence-corrected chi connectivity index (χ2v) is 5.49. The molecule has 1 N–H and O–H groups in total. The Kier molecular flexibility index (Phi) is 3.73. The Morgan fingerprint density at radius 2 is 2.10 bits per heavy atom. The minimum absolute atomic E-state index is 0.154. The Bertz CT molecular complexity index is 633. The van der Waals surface area contributed by atoms with Gasteiger partial charge in [-0.2, -0.15) is 4.98 Å². The average molecular weight is 286 g/mol. The lowest BCUT2D eigenvalue weighted by molar-refractivity contribution is -0.142. The molecule has 1 aliphatic rings. The third-order valence-corrected chi connectivity index (χ3v) is 4.21. The smallest absolute Gasteiger partial charge is 0.307 e. The molecule has 0 spiro atoms. The number of hydrogen-bond acceptors (Lipinski definition) is 4. The molecular formula is C16H18N2O3. The van der Waals surface area contributed by atoms with Gasteiger partial charge in [-0.3, -0.25) is 4.79 Å². The van der Waals surface area contributed by atoms with E-state index in [-0.39, 0.29) is 5.92 Å². The highest BCUT2D eigenvalue weighted by molar-refractivity contribution is 5.71. The van der Waals surface area contributed by atoms with Crippen LogP contribution in [-0.4, -0.2) is 21.2 Å². The Morgan fingerprint density at radius 1 is 1.33 bits per heavy atom. The van der Waals surface area contributed by atoms with Crippen LogP contribution in [0.25, 0.3) is 11.4 Å². The molecule has 2 unspecified atom stereocenters. The summed E-state index contributed by atoms with van der Waals surface area (Å²) in [5.41, 5.74) is 2.15. The number of aromatic nitrogens is 2. The van der Waals surface area contributed by atoms with Crippen LogP contribution in [0.4, 0.5) is 0 Å². The lowest BCUT2D eigenvalue weighted by Gasteiger charge is -2.10. The normalized spacial score (nSPS) is 21.6. The van der Waals surface area contributed by atoms with Gasteiger partial charge in [-0.05, 0) is 24.8 Å². The maximum absolute atomic E-state index is 11.2. The average Bonchev–Trinajstić information content (AvgIpc) is 3.16. The van der Waals surface area contributed by atoms with Crippen molar-refractivity contribution in [3.8, 4) is 11.4 Å². The van der Waals surface area contributed by atoms with Crippen LogP contribution in [0.3, 0.4) is 0 Å². The molecule has 1 aromatic heterocycles. The number of carboxylic acids is 1. The van der Waals surface area contributed by atoms with Gasteiger partial charge < -0.3 is 9.63 Å². The summed E-state index contributed by atoms with van der Waals surface area (Å²) >= 11 is 0.